The van der Waals surface area contributed by atoms with Crippen molar-refractivity contribution in [2.45, 2.75) is 20.3 Å². The summed E-state index contributed by atoms with van der Waals surface area (Å²) < 4.78 is 6.20. The first kappa shape index (κ1) is 25.3. The first-order valence-electron chi connectivity index (χ1n) is 11.6. The van der Waals surface area contributed by atoms with E-state index in [0.717, 1.165) is 4.90 Å². The number of nitro groups is 1. The summed E-state index contributed by atoms with van der Waals surface area (Å²) in [4.78, 5) is 64.5. The van der Waals surface area contributed by atoms with Crippen LogP contribution in [0.2, 0.25) is 0 Å². The van der Waals surface area contributed by atoms with E-state index in [1.54, 1.807) is 50.2 Å². The van der Waals surface area contributed by atoms with Crippen molar-refractivity contribution >= 4 is 56.7 Å². The molecule has 38 heavy (non-hydrogen) atoms. The molecule has 5 rings (SSSR count). The van der Waals surface area contributed by atoms with Crippen molar-refractivity contribution in [1.29, 1.82) is 0 Å². The number of ether oxygens (including phenoxy) is 1. The molecule has 192 valence electrons. The highest BCUT2D eigenvalue weighted by Crippen LogP contribution is 2.35. The Morgan fingerprint density at radius 1 is 0.974 bits per heavy atom. The van der Waals surface area contributed by atoms with Crippen molar-refractivity contribution in [1.82, 2.24) is 0 Å². The number of hydrogen-bond acceptors (Lipinski definition) is 7. The number of halogens is 1. The fourth-order valence-electron chi connectivity index (χ4n) is 4.65. The zero-order chi connectivity index (χ0) is 27.3. The number of esters is 1. The van der Waals surface area contributed by atoms with Gasteiger partial charge in [0.2, 0.25) is 5.91 Å². The summed E-state index contributed by atoms with van der Waals surface area (Å²) in [7, 11) is 0. The molecule has 1 fully saturated rings. The molecule has 0 bridgehead atoms. The number of nitrogens with zero attached hydrogens (tertiary/aromatic N) is 3. The Balaban J connectivity index is 1.30. The molecule has 2 aliphatic rings. The maximum atomic E-state index is 12.9. The zero-order valence-electron chi connectivity index (χ0n) is 20.3. The molecule has 3 aromatic rings. The lowest BCUT2D eigenvalue weighted by Gasteiger charge is -2.18. The second-order valence-electron chi connectivity index (χ2n) is 9.14. The largest absolute Gasteiger partial charge is 0.426 e. The maximum Gasteiger partial charge on any atom is 0.316 e. The molecule has 0 N–H and O–H groups in total. The van der Waals surface area contributed by atoms with E-state index in [0.29, 0.717) is 38.1 Å². The smallest absolute Gasteiger partial charge is 0.316 e. The van der Waals surface area contributed by atoms with Crippen LogP contribution in [-0.4, -0.2) is 35.2 Å². The Morgan fingerprint density at radius 3 is 2.42 bits per heavy atom. The van der Waals surface area contributed by atoms with Crippen molar-refractivity contribution in [3.63, 3.8) is 0 Å². The Bertz CT molecular complexity index is 1570. The van der Waals surface area contributed by atoms with Crippen molar-refractivity contribution in [3.8, 4) is 5.75 Å². The van der Waals surface area contributed by atoms with E-state index in [1.165, 1.54) is 23.1 Å². The minimum absolute atomic E-state index is 0.0273. The van der Waals surface area contributed by atoms with Gasteiger partial charge < -0.3 is 9.64 Å². The fraction of sp³-hybridized carbons (Fsp3) is 0.185. The van der Waals surface area contributed by atoms with E-state index in [4.69, 9.17) is 4.74 Å². The number of carbonyl (C=O) groups excluding carboxylic acids is 4. The van der Waals surface area contributed by atoms with Gasteiger partial charge in [-0.05, 0) is 61.9 Å². The number of hydrogen-bond donors (Lipinski definition) is 0. The van der Waals surface area contributed by atoms with E-state index >= 15 is 0 Å². The zero-order valence-corrected chi connectivity index (χ0v) is 21.9. The minimum atomic E-state index is -0.766. The lowest BCUT2D eigenvalue weighted by molar-refractivity contribution is -0.385. The molecule has 0 aliphatic carbocycles. The molecule has 2 heterocycles. The van der Waals surface area contributed by atoms with Crippen LogP contribution < -0.4 is 14.5 Å². The van der Waals surface area contributed by atoms with Gasteiger partial charge in [-0.1, -0.05) is 22.0 Å². The number of benzene rings is 3. The van der Waals surface area contributed by atoms with Crippen LogP contribution in [0.4, 0.5) is 17.1 Å². The average molecular weight is 578 g/mol. The topological polar surface area (TPSA) is 127 Å². The molecular weight excluding hydrogens is 558 g/mol. The normalized spacial score (nSPS) is 16.7. The summed E-state index contributed by atoms with van der Waals surface area (Å²) >= 11 is 3.31. The van der Waals surface area contributed by atoms with Crippen LogP contribution in [0.1, 0.15) is 38.3 Å². The standard InChI is InChI=1S/C27H20BrN3O7/c1-14-3-5-18(12-23(14)31(36)37)29-13-16(10-24(29)32)27(35)38-19-6-8-22(15(2)9-19)30-25(33)20-7-4-17(28)11-21(20)26(30)34/h3-9,11-12,16H,10,13H2,1-2H3/t16-/m1/s1. The van der Waals surface area contributed by atoms with Gasteiger partial charge in [0.15, 0.2) is 0 Å². The van der Waals surface area contributed by atoms with Crippen molar-refractivity contribution < 1.29 is 28.8 Å². The average Bonchev–Trinajstić information content (AvgIpc) is 3.37. The molecular formula is C27H20BrN3O7. The highest BCUT2D eigenvalue weighted by atomic mass is 79.9. The molecule has 2 aliphatic heterocycles. The molecule has 1 atom stereocenters. The van der Waals surface area contributed by atoms with Crippen LogP contribution in [0.3, 0.4) is 0 Å². The lowest BCUT2D eigenvalue weighted by Crippen LogP contribution is -2.30. The Morgan fingerprint density at radius 2 is 1.71 bits per heavy atom. The van der Waals surface area contributed by atoms with Crippen LogP contribution in [0.5, 0.6) is 5.75 Å². The molecule has 1 saturated heterocycles. The number of amides is 3. The van der Waals surface area contributed by atoms with Crippen LogP contribution in [0.25, 0.3) is 0 Å². The molecule has 11 heteroatoms. The van der Waals surface area contributed by atoms with Gasteiger partial charge >= 0.3 is 5.97 Å². The second-order valence-corrected chi connectivity index (χ2v) is 10.1. The van der Waals surface area contributed by atoms with Crippen LogP contribution in [0.15, 0.2) is 59.1 Å². The van der Waals surface area contributed by atoms with Gasteiger partial charge in [0, 0.05) is 29.1 Å². The van der Waals surface area contributed by atoms with E-state index in [9.17, 15) is 29.3 Å². The summed E-state index contributed by atoms with van der Waals surface area (Å²) in [5.74, 6) is -2.41. The van der Waals surface area contributed by atoms with E-state index in [2.05, 4.69) is 15.9 Å². The molecule has 3 amide bonds. The number of imide groups is 1. The molecule has 10 nitrogen and oxygen atoms in total. The third-order valence-electron chi connectivity index (χ3n) is 6.64. The summed E-state index contributed by atoms with van der Waals surface area (Å²) in [6.45, 7) is 3.32. The number of nitro benzene ring substituents is 1. The van der Waals surface area contributed by atoms with Gasteiger partial charge in [0.05, 0.1) is 33.3 Å². The number of carbonyl (C=O) groups is 4. The molecule has 0 saturated carbocycles. The Kier molecular flexibility index (Phi) is 6.31. The predicted molar refractivity (Wildman–Crippen MR) is 140 cm³/mol. The third-order valence-corrected chi connectivity index (χ3v) is 7.13. The van der Waals surface area contributed by atoms with Crippen molar-refractivity contribution in [3.05, 3.63) is 91.4 Å². The quantitative estimate of drug-likeness (QED) is 0.141. The van der Waals surface area contributed by atoms with E-state index in [-0.39, 0.29) is 30.3 Å². The summed E-state index contributed by atoms with van der Waals surface area (Å²) in [6.07, 6.45) is -0.0951. The predicted octanol–water partition coefficient (Wildman–Crippen LogP) is 4.73. The molecule has 0 spiro atoms. The van der Waals surface area contributed by atoms with Gasteiger partial charge in [-0.2, -0.15) is 0 Å². The Labute approximate surface area is 225 Å². The number of aryl methyl sites for hydroxylation is 2. The summed E-state index contributed by atoms with van der Waals surface area (Å²) in [5.41, 5.74) is 2.22. The van der Waals surface area contributed by atoms with Gasteiger partial charge in [-0.25, -0.2) is 4.90 Å². The van der Waals surface area contributed by atoms with Crippen molar-refractivity contribution in [2.75, 3.05) is 16.3 Å². The fourth-order valence-corrected chi connectivity index (χ4v) is 5.01. The van der Waals surface area contributed by atoms with Gasteiger partial charge in [-0.3, -0.25) is 29.3 Å². The van der Waals surface area contributed by atoms with E-state index in [1.807, 2.05) is 0 Å². The SMILES string of the molecule is Cc1cc(OC(=O)[C@@H]2CC(=O)N(c3ccc(C)c([N+](=O)[O-])c3)C2)ccc1N1C(=O)c2ccc(Br)cc2C1=O. The van der Waals surface area contributed by atoms with Gasteiger partial charge in [0.1, 0.15) is 5.75 Å². The number of anilines is 2. The summed E-state index contributed by atoms with van der Waals surface area (Å²) in [6, 6.07) is 13.9. The molecule has 3 aromatic carbocycles. The minimum Gasteiger partial charge on any atom is -0.426 e. The highest BCUT2D eigenvalue weighted by molar-refractivity contribution is 9.10. The van der Waals surface area contributed by atoms with Crippen LogP contribution >= 0.6 is 15.9 Å². The molecule has 0 radical (unpaired) electrons. The number of rotatable bonds is 5. The monoisotopic (exact) mass is 577 g/mol. The van der Waals surface area contributed by atoms with Gasteiger partial charge in [-0.15, -0.1) is 0 Å². The first-order valence-corrected chi connectivity index (χ1v) is 12.4. The first-order chi connectivity index (χ1) is 18.0. The number of fused-ring (bicyclic) bond motifs is 1. The second kappa shape index (κ2) is 9.49. The van der Waals surface area contributed by atoms with Gasteiger partial charge in [0.25, 0.3) is 17.5 Å². The van der Waals surface area contributed by atoms with Crippen LogP contribution in [-0.2, 0) is 9.59 Å². The molecule has 0 unspecified atom stereocenters. The third kappa shape index (κ3) is 4.34. The van der Waals surface area contributed by atoms with Crippen molar-refractivity contribution in [2.24, 2.45) is 5.92 Å². The lowest BCUT2D eigenvalue weighted by atomic mass is 10.1. The maximum absolute atomic E-state index is 12.9. The Hall–Kier alpha value is -4.38. The van der Waals surface area contributed by atoms with Crippen LogP contribution in [0, 0.1) is 29.9 Å². The molecule has 0 aromatic heterocycles. The summed E-state index contributed by atoms with van der Waals surface area (Å²) in [5, 5.41) is 11.3. The highest BCUT2D eigenvalue weighted by Gasteiger charge is 2.39. The van der Waals surface area contributed by atoms with E-state index < -0.39 is 28.6 Å².